The van der Waals surface area contributed by atoms with E-state index in [1.54, 1.807) is 0 Å². The van der Waals surface area contributed by atoms with Gasteiger partial charge in [0.15, 0.2) is 0 Å². The van der Waals surface area contributed by atoms with Crippen molar-refractivity contribution in [1.82, 2.24) is 0 Å². The molecular formula is H3CeCo3O6. The summed E-state index contributed by atoms with van der Waals surface area (Å²) in [6.07, 6.45) is 0. The SMILES string of the molecule is [Ce+3].[O]=[Co-][OH].[O]=[Co-][OH].[O]=[Co-][OH]. The Morgan fingerprint density at radius 3 is 0.700 bits per heavy atom. The third-order valence-corrected chi connectivity index (χ3v) is 0. The third kappa shape index (κ3) is 181. The molecular weight excluding hydrogens is 413 g/mol. The molecule has 0 aliphatic heterocycles. The number of hydrogen-bond donors (Lipinski definition) is 3. The van der Waals surface area contributed by atoms with Gasteiger partial charge in [-0.2, -0.15) is 0 Å². The van der Waals surface area contributed by atoms with Gasteiger partial charge in [-0.25, -0.2) is 0 Å². The Morgan fingerprint density at radius 2 is 0.700 bits per heavy atom. The van der Waals surface area contributed by atoms with Crippen molar-refractivity contribution in [1.29, 1.82) is 0 Å². The molecule has 0 aliphatic carbocycles. The van der Waals surface area contributed by atoms with E-state index in [0.717, 1.165) is 0 Å². The molecule has 0 aromatic heterocycles. The first-order valence-electron chi connectivity index (χ1n) is 0.855. The van der Waals surface area contributed by atoms with E-state index >= 15 is 0 Å². The van der Waals surface area contributed by atoms with Crippen LogP contribution >= 0.6 is 0 Å². The monoisotopic (exact) mass is 416 g/mol. The Kier molecular flexibility index (Phi) is 98.3. The first kappa shape index (κ1) is 22.8. The molecule has 3 N–H and O–H groups in total. The van der Waals surface area contributed by atoms with Crippen LogP contribution in [0.5, 0.6) is 0 Å². The van der Waals surface area contributed by atoms with E-state index in [1.165, 1.54) is 0 Å². The molecule has 0 spiro atoms. The van der Waals surface area contributed by atoms with Crippen LogP contribution < -0.4 is 0 Å². The molecule has 10 heavy (non-hydrogen) atoms. The molecule has 1 radical (unpaired) electrons. The molecule has 0 saturated heterocycles. The van der Waals surface area contributed by atoms with Crippen LogP contribution in [0, 0.1) is 41.7 Å². The molecule has 0 rings (SSSR count). The summed E-state index contributed by atoms with van der Waals surface area (Å²) in [5, 5.41) is 0. The van der Waals surface area contributed by atoms with Gasteiger partial charge in [0.1, 0.15) is 0 Å². The summed E-state index contributed by atoms with van der Waals surface area (Å²) in [4.78, 5) is 0. The Hall–Kier alpha value is 2.18. The Labute approximate surface area is 109 Å². The van der Waals surface area contributed by atoms with Crippen molar-refractivity contribution in [3.63, 3.8) is 0 Å². The van der Waals surface area contributed by atoms with Crippen LogP contribution in [-0.2, 0) is 56.5 Å². The number of rotatable bonds is 0. The fourth-order valence-corrected chi connectivity index (χ4v) is 0. The van der Waals surface area contributed by atoms with Crippen molar-refractivity contribution in [3.05, 3.63) is 0 Å². The molecule has 0 atom stereocenters. The Bertz CT molecular complexity index is 49.7. The normalized spacial score (nSPS) is 6.30. The second-order valence-electron chi connectivity index (χ2n) is 0.183. The fourth-order valence-electron chi connectivity index (χ4n) is 0. The molecule has 0 heterocycles. The minimum atomic E-state index is -0.812. The number of hydrogen-bond acceptors (Lipinski definition) is 3. The van der Waals surface area contributed by atoms with Crippen LogP contribution in [0.3, 0.4) is 0 Å². The van der Waals surface area contributed by atoms with Crippen molar-refractivity contribution in [2.45, 2.75) is 0 Å². The zero-order valence-corrected chi connectivity index (χ0v) is 10.3. The molecule has 0 bridgehead atoms. The van der Waals surface area contributed by atoms with Gasteiger partial charge >= 0.3 is 111 Å². The van der Waals surface area contributed by atoms with Crippen molar-refractivity contribution < 1.29 is 111 Å². The van der Waals surface area contributed by atoms with Crippen molar-refractivity contribution in [2.24, 2.45) is 0 Å². The van der Waals surface area contributed by atoms with Gasteiger partial charge in [-0.05, 0) is 0 Å². The molecule has 0 aliphatic rings. The molecule has 70 valence electrons. The van der Waals surface area contributed by atoms with Gasteiger partial charge in [0.25, 0.3) is 0 Å². The average Bonchev–Trinajstić information content (AvgIpc) is 1.70. The summed E-state index contributed by atoms with van der Waals surface area (Å²) < 4.78 is 46.3. The van der Waals surface area contributed by atoms with Crippen molar-refractivity contribution in [3.8, 4) is 0 Å². The molecule has 0 aromatic carbocycles. The Balaban J connectivity index is -0.0000000257. The zero-order chi connectivity index (χ0) is 8.12. The minimum absolute atomic E-state index is 0. The quantitative estimate of drug-likeness (QED) is 0.420. The summed E-state index contributed by atoms with van der Waals surface area (Å²) in [6.45, 7) is 0. The predicted molar refractivity (Wildman–Crippen MR) is 8.72 cm³/mol. The van der Waals surface area contributed by atoms with Crippen LogP contribution in [0.25, 0.3) is 0 Å². The maximum absolute atomic E-state index is 8.45. The molecule has 0 unspecified atom stereocenters. The molecule has 0 amide bonds. The van der Waals surface area contributed by atoms with E-state index in [0.29, 0.717) is 0 Å². The van der Waals surface area contributed by atoms with Crippen molar-refractivity contribution >= 4 is 0 Å². The third-order valence-electron chi connectivity index (χ3n) is 0. The second-order valence-corrected chi connectivity index (χ2v) is 0.753. The standard InChI is InChI=1S/Ce.3Co.3H2O.3O/h;;;;3*1H2;;;/q+3;;;;;;;;;/p-3. The molecule has 10 heteroatoms. The maximum atomic E-state index is 8.45. The van der Waals surface area contributed by atoms with Crippen LogP contribution in [0.4, 0.5) is 0 Å². The summed E-state index contributed by atoms with van der Waals surface area (Å²) in [7, 11) is 0. The van der Waals surface area contributed by atoms with Crippen LogP contribution in [0.1, 0.15) is 0 Å². The van der Waals surface area contributed by atoms with Crippen molar-refractivity contribution in [2.75, 3.05) is 0 Å². The molecule has 0 fully saturated rings. The predicted octanol–water partition coefficient (Wildman–Crippen LogP) is -2.03. The summed E-state index contributed by atoms with van der Waals surface area (Å²) in [5.41, 5.74) is 0. The summed E-state index contributed by atoms with van der Waals surface area (Å²) >= 11 is -2.44. The summed E-state index contributed by atoms with van der Waals surface area (Å²) in [6, 6.07) is 0. The first-order chi connectivity index (χ1) is 4.24. The first-order valence-corrected chi connectivity index (χ1v) is 3.53. The van der Waals surface area contributed by atoms with E-state index in [9.17, 15) is 0 Å². The Morgan fingerprint density at radius 1 is 0.700 bits per heavy atom. The molecule has 0 saturated carbocycles. The van der Waals surface area contributed by atoms with Gasteiger partial charge in [0.05, 0.1) is 0 Å². The van der Waals surface area contributed by atoms with Crippen LogP contribution in [0.2, 0.25) is 0 Å². The van der Waals surface area contributed by atoms with E-state index in [4.69, 9.17) is 24.3 Å². The van der Waals surface area contributed by atoms with Crippen LogP contribution in [-0.4, -0.2) is 12.7 Å². The average molecular weight is 416 g/mol. The topological polar surface area (TPSA) is 112 Å². The van der Waals surface area contributed by atoms with E-state index in [-0.39, 0.29) is 41.7 Å². The molecule has 0 aromatic rings. The van der Waals surface area contributed by atoms with Crippen LogP contribution in [0.15, 0.2) is 0 Å². The van der Waals surface area contributed by atoms with Gasteiger partial charge in [-0.3, -0.25) is 0 Å². The van der Waals surface area contributed by atoms with Gasteiger partial charge in [0, 0.05) is 0 Å². The molecule has 6 nitrogen and oxygen atoms in total. The van der Waals surface area contributed by atoms with E-state index < -0.39 is 44.9 Å². The van der Waals surface area contributed by atoms with Gasteiger partial charge < -0.3 is 0 Å². The van der Waals surface area contributed by atoms with Gasteiger partial charge in [-0.15, -0.1) is 0 Å². The fraction of sp³-hybridized carbons (Fsp3) is 0. The van der Waals surface area contributed by atoms with E-state index in [2.05, 4.69) is 0 Å². The second kappa shape index (κ2) is 43.2. The van der Waals surface area contributed by atoms with Gasteiger partial charge in [0.2, 0.25) is 0 Å². The zero-order valence-electron chi connectivity index (χ0n) is 4.07. The van der Waals surface area contributed by atoms with E-state index in [1.807, 2.05) is 0 Å². The summed E-state index contributed by atoms with van der Waals surface area (Å²) in [5.74, 6) is 0. The van der Waals surface area contributed by atoms with Gasteiger partial charge in [-0.1, -0.05) is 0 Å².